The van der Waals surface area contributed by atoms with Crippen LogP contribution in [0.15, 0.2) is 40.9 Å². The largest absolute Gasteiger partial charge is 0.398 e. The number of nitrogens with one attached hydrogen (secondary N) is 1. The first-order valence-corrected chi connectivity index (χ1v) is 6.77. The van der Waals surface area contributed by atoms with Crippen LogP contribution >= 0.6 is 27.5 Å². The van der Waals surface area contributed by atoms with E-state index < -0.39 is 0 Å². The molecule has 0 heterocycles. The zero-order valence-electron chi connectivity index (χ0n) is 10.2. The van der Waals surface area contributed by atoms with Gasteiger partial charge in [-0.05, 0) is 64.8 Å². The lowest BCUT2D eigenvalue weighted by Gasteiger charge is -2.09. The highest BCUT2D eigenvalue weighted by Crippen LogP contribution is 2.24. The van der Waals surface area contributed by atoms with Gasteiger partial charge >= 0.3 is 0 Å². The van der Waals surface area contributed by atoms with Crippen molar-refractivity contribution in [1.29, 1.82) is 0 Å². The number of halogens is 2. The van der Waals surface area contributed by atoms with Gasteiger partial charge in [-0.1, -0.05) is 11.6 Å². The summed E-state index contributed by atoms with van der Waals surface area (Å²) in [5.41, 5.74) is 8.41. The fourth-order valence-electron chi connectivity index (χ4n) is 1.70. The quantitative estimate of drug-likeness (QED) is 0.804. The Morgan fingerprint density at radius 3 is 2.63 bits per heavy atom. The van der Waals surface area contributed by atoms with E-state index in [0.29, 0.717) is 22.0 Å². The molecule has 0 atom stereocenters. The normalized spacial score (nSPS) is 10.3. The van der Waals surface area contributed by atoms with Crippen LogP contribution in [0.5, 0.6) is 0 Å². The van der Waals surface area contributed by atoms with Gasteiger partial charge in [0.15, 0.2) is 0 Å². The fourth-order valence-corrected chi connectivity index (χ4v) is 2.18. The topological polar surface area (TPSA) is 55.1 Å². The SMILES string of the molecule is Cc1cc(Cl)ccc1C(=O)Nc1ccc(Br)c(N)c1. The molecule has 0 radical (unpaired) electrons. The Hall–Kier alpha value is -1.52. The summed E-state index contributed by atoms with van der Waals surface area (Å²) in [5, 5.41) is 3.42. The predicted molar refractivity (Wildman–Crippen MR) is 82.7 cm³/mol. The maximum absolute atomic E-state index is 12.1. The van der Waals surface area contributed by atoms with E-state index in [1.54, 1.807) is 36.4 Å². The van der Waals surface area contributed by atoms with Crippen LogP contribution in [0.4, 0.5) is 11.4 Å². The van der Waals surface area contributed by atoms with E-state index in [9.17, 15) is 4.79 Å². The van der Waals surface area contributed by atoms with Crippen molar-refractivity contribution in [2.45, 2.75) is 6.92 Å². The monoisotopic (exact) mass is 338 g/mol. The van der Waals surface area contributed by atoms with Crippen molar-refractivity contribution in [3.05, 3.63) is 57.0 Å². The highest BCUT2D eigenvalue weighted by Gasteiger charge is 2.10. The van der Waals surface area contributed by atoms with Crippen molar-refractivity contribution < 1.29 is 4.79 Å². The number of hydrogen-bond acceptors (Lipinski definition) is 2. The van der Waals surface area contributed by atoms with E-state index in [0.717, 1.165) is 10.0 Å². The molecule has 0 bridgehead atoms. The lowest BCUT2D eigenvalue weighted by Crippen LogP contribution is -2.13. The number of carbonyl (C=O) groups is 1. The first-order chi connectivity index (χ1) is 8.97. The van der Waals surface area contributed by atoms with Gasteiger partial charge in [0.05, 0.1) is 0 Å². The van der Waals surface area contributed by atoms with Crippen molar-refractivity contribution in [2.24, 2.45) is 0 Å². The Morgan fingerprint density at radius 1 is 1.26 bits per heavy atom. The van der Waals surface area contributed by atoms with Gasteiger partial charge in [-0.3, -0.25) is 4.79 Å². The van der Waals surface area contributed by atoms with Crippen molar-refractivity contribution >= 4 is 44.8 Å². The molecule has 2 aromatic rings. The van der Waals surface area contributed by atoms with E-state index in [1.807, 2.05) is 6.92 Å². The summed E-state index contributed by atoms with van der Waals surface area (Å²) in [6.07, 6.45) is 0. The average Bonchev–Trinajstić information content (AvgIpc) is 2.33. The van der Waals surface area contributed by atoms with Gasteiger partial charge in [-0.2, -0.15) is 0 Å². The summed E-state index contributed by atoms with van der Waals surface area (Å²) in [5.74, 6) is -0.184. The van der Waals surface area contributed by atoms with Gasteiger partial charge in [0.25, 0.3) is 5.91 Å². The number of anilines is 2. The second-order valence-corrected chi connectivity index (χ2v) is 5.44. The second kappa shape index (κ2) is 5.63. The number of nitrogen functional groups attached to an aromatic ring is 1. The van der Waals surface area contributed by atoms with Crippen LogP contribution in [-0.2, 0) is 0 Å². The van der Waals surface area contributed by atoms with Crippen LogP contribution in [-0.4, -0.2) is 5.91 Å². The molecular weight excluding hydrogens is 328 g/mol. The van der Waals surface area contributed by atoms with Gasteiger partial charge in [0.2, 0.25) is 0 Å². The summed E-state index contributed by atoms with van der Waals surface area (Å²) < 4.78 is 0.799. The zero-order valence-corrected chi connectivity index (χ0v) is 12.5. The number of aryl methyl sites for hydroxylation is 1. The first-order valence-electron chi connectivity index (χ1n) is 5.60. The minimum absolute atomic E-state index is 0.184. The molecule has 0 unspecified atom stereocenters. The molecule has 0 aliphatic heterocycles. The van der Waals surface area contributed by atoms with Crippen LogP contribution < -0.4 is 11.1 Å². The lowest BCUT2D eigenvalue weighted by molar-refractivity contribution is 0.102. The minimum atomic E-state index is -0.184. The molecule has 0 saturated carbocycles. The third-order valence-corrected chi connectivity index (χ3v) is 3.64. The van der Waals surface area contributed by atoms with E-state index in [2.05, 4.69) is 21.2 Å². The smallest absolute Gasteiger partial charge is 0.255 e. The molecule has 3 N–H and O–H groups in total. The molecule has 2 aromatic carbocycles. The molecule has 0 fully saturated rings. The summed E-state index contributed by atoms with van der Waals surface area (Å²) in [6, 6.07) is 10.4. The van der Waals surface area contributed by atoms with Crippen molar-refractivity contribution in [1.82, 2.24) is 0 Å². The van der Waals surface area contributed by atoms with Gasteiger partial charge in [-0.15, -0.1) is 0 Å². The van der Waals surface area contributed by atoms with Crippen LogP contribution in [0.2, 0.25) is 5.02 Å². The lowest BCUT2D eigenvalue weighted by atomic mass is 10.1. The van der Waals surface area contributed by atoms with Crippen LogP contribution in [0, 0.1) is 6.92 Å². The van der Waals surface area contributed by atoms with Gasteiger partial charge in [-0.25, -0.2) is 0 Å². The van der Waals surface area contributed by atoms with Crippen molar-refractivity contribution in [2.75, 3.05) is 11.1 Å². The summed E-state index contributed by atoms with van der Waals surface area (Å²) in [4.78, 5) is 12.1. The molecule has 2 rings (SSSR count). The third-order valence-electron chi connectivity index (χ3n) is 2.69. The maximum atomic E-state index is 12.1. The molecule has 19 heavy (non-hydrogen) atoms. The van der Waals surface area contributed by atoms with Crippen molar-refractivity contribution in [3.63, 3.8) is 0 Å². The maximum Gasteiger partial charge on any atom is 0.255 e. The predicted octanol–water partition coefficient (Wildman–Crippen LogP) is 4.25. The van der Waals surface area contributed by atoms with E-state index in [1.165, 1.54) is 0 Å². The summed E-state index contributed by atoms with van der Waals surface area (Å²) >= 11 is 9.17. The molecule has 0 spiro atoms. The minimum Gasteiger partial charge on any atom is -0.398 e. The highest BCUT2D eigenvalue weighted by molar-refractivity contribution is 9.10. The molecule has 0 saturated heterocycles. The Bertz CT molecular complexity index is 643. The number of hydrogen-bond donors (Lipinski definition) is 2. The first kappa shape index (κ1) is 13.9. The highest BCUT2D eigenvalue weighted by atomic mass is 79.9. The van der Waals surface area contributed by atoms with E-state index in [4.69, 9.17) is 17.3 Å². The molecular formula is C14H12BrClN2O. The fraction of sp³-hybridized carbons (Fsp3) is 0.0714. The molecule has 1 amide bonds. The molecule has 0 aliphatic rings. The average molecular weight is 340 g/mol. The van der Waals surface area contributed by atoms with E-state index in [-0.39, 0.29) is 5.91 Å². The molecule has 5 heteroatoms. The Kier molecular flexibility index (Phi) is 4.12. The standard InChI is InChI=1S/C14H12BrClN2O/c1-8-6-9(16)2-4-11(8)14(19)18-10-3-5-12(15)13(17)7-10/h2-7H,17H2,1H3,(H,18,19). The van der Waals surface area contributed by atoms with Crippen LogP contribution in [0.1, 0.15) is 15.9 Å². The number of amides is 1. The van der Waals surface area contributed by atoms with Crippen molar-refractivity contribution in [3.8, 4) is 0 Å². The Balaban J connectivity index is 2.23. The summed E-state index contributed by atoms with van der Waals surface area (Å²) in [7, 11) is 0. The van der Waals surface area contributed by atoms with Gasteiger partial charge in [0, 0.05) is 26.4 Å². The molecule has 3 nitrogen and oxygen atoms in total. The number of benzene rings is 2. The Labute approximate surface area is 124 Å². The molecule has 0 aromatic heterocycles. The van der Waals surface area contributed by atoms with E-state index >= 15 is 0 Å². The van der Waals surface area contributed by atoms with Gasteiger partial charge in [0.1, 0.15) is 0 Å². The zero-order chi connectivity index (χ0) is 14.0. The number of carbonyl (C=O) groups excluding carboxylic acids is 1. The number of nitrogens with two attached hydrogens (primary N) is 1. The van der Waals surface area contributed by atoms with Crippen LogP contribution in [0.3, 0.4) is 0 Å². The van der Waals surface area contributed by atoms with Gasteiger partial charge < -0.3 is 11.1 Å². The summed E-state index contributed by atoms with van der Waals surface area (Å²) in [6.45, 7) is 1.84. The molecule has 98 valence electrons. The number of rotatable bonds is 2. The second-order valence-electron chi connectivity index (χ2n) is 4.15. The Morgan fingerprint density at radius 2 is 2.00 bits per heavy atom. The third kappa shape index (κ3) is 3.28. The molecule has 0 aliphatic carbocycles. The van der Waals surface area contributed by atoms with Crippen LogP contribution in [0.25, 0.3) is 0 Å².